The molecule has 1 aromatic carbocycles. The summed E-state index contributed by atoms with van der Waals surface area (Å²) in [5.74, 6) is 0.297. The molecule has 2 fully saturated rings. The molecule has 3 aliphatic heterocycles. The lowest BCUT2D eigenvalue weighted by molar-refractivity contribution is -0.130. The summed E-state index contributed by atoms with van der Waals surface area (Å²) < 4.78 is 11.9. The summed E-state index contributed by atoms with van der Waals surface area (Å²) >= 11 is 0. The summed E-state index contributed by atoms with van der Waals surface area (Å²) in [5, 5.41) is 5.75. The normalized spacial score (nSPS) is 24.2. The predicted octanol–water partition coefficient (Wildman–Crippen LogP) is 2.20. The molecule has 0 saturated carbocycles. The Labute approximate surface area is 176 Å². The van der Waals surface area contributed by atoms with Gasteiger partial charge in [-0.3, -0.25) is 14.5 Å². The van der Waals surface area contributed by atoms with Crippen LogP contribution in [0.2, 0.25) is 0 Å². The number of imide groups is 1. The number of nitrogens with one attached hydrogen (secondary N) is 2. The number of urea groups is 1. The number of benzene rings is 1. The fourth-order valence-electron chi connectivity index (χ4n) is 4.47. The molecule has 4 rings (SSSR count). The maximum Gasteiger partial charge on any atom is 0.325 e. The number of aryl methyl sites for hydroxylation is 1. The van der Waals surface area contributed by atoms with Gasteiger partial charge < -0.3 is 20.1 Å². The zero-order valence-corrected chi connectivity index (χ0v) is 17.7. The Morgan fingerprint density at radius 1 is 1.27 bits per heavy atom. The van der Waals surface area contributed by atoms with Crippen molar-refractivity contribution in [1.29, 1.82) is 0 Å². The Morgan fingerprint density at radius 2 is 2.00 bits per heavy atom. The number of hydrogen-bond donors (Lipinski definition) is 2. The third-order valence-corrected chi connectivity index (χ3v) is 6.19. The second-order valence-electron chi connectivity index (χ2n) is 9.02. The van der Waals surface area contributed by atoms with Gasteiger partial charge in [0.15, 0.2) is 0 Å². The molecule has 2 N–H and O–H groups in total. The monoisotopic (exact) mass is 415 g/mol. The Balaban J connectivity index is 1.46. The van der Waals surface area contributed by atoms with Crippen LogP contribution in [-0.2, 0) is 14.3 Å². The number of hydrogen-bond acceptors (Lipinski definition) is 5. The topological polar surface area (TPSA) is 97.0 Å². The molecule has 30 heavy (non-hydrogen) atoms. The molecule has 8 nitrogen and oxygen atoms in total. The van der Waals surface area contributed by atoms with Crippen molar-refractivity contribution >= 4 is 17.8 Å². The Hall–Kier alpha value is -2.61. The average molecular weight is 415 g/mol. The molecule has 0 radical (unpaired) electrons. The van der Waals surface area contributed by atoms with E-state index in [0.717, 1.165) is 34.6 Å². The molecule has 0 unspecified atom stereocenters. The van der Waals surface area contributed by atoms with Crippen LogP contribution < -0.4 is 15.4 Å². The minimum absolute atomic E-state index is 0.0583. The maximum atomic E-state index is 12.8. The lowest BCUT2D eigenvalue weighted by Gasteiger charge is -2.44. The molecule has 8 heteroatoms. The van der Waals surface area contributed by atoms with Gasteiger partial charge in [-0.2, -0.15) is 0 Å². The van der Waals surface area contributed by atoms with Crippen LogP contribution in [0.1, 0.15) is 56.7 Å². The minimum atomic E-state index is -0.930. The van der Waals surface area contributed by atoms with Crippen LogP contribution in [0.25, 0.3) is 0 Å². The van der Waals surface area contributed by atoms with Crippen LogP contribution in [0.15, 0.2) is 18.2 Å². The molecule has 4 amide bonds. The highest BCUT2D eigenvalue weighted by Gasteiger charge is 2.45. The summed E-state index contributed by atoms with van der Waals surface area (Å²) in [6, 6.07) is 5.39. The molecule has 0 bridgehead atoms. The van der Waals surface area contributed by atoms with Crippen molar-refractivity contribution in [3.05, 3.63) is 29.3 Å². The van der Waals surface area contributed by atoms with Gasteiger partial charge in [0.2, 0.25) is 5.91 Å². The van der Waals surface area contributed by atoms with Gasteiger partial charge in [-0.05, 0) is 26.8 Å². The third kappa shape index (κ3) is 3.88. The van der Waals surface area contributed by atoms with Crippen LogP contribution in [0.3, 0.4) is 0 Å². The van der Waals surface area contributed by atoms with Crippen molar-refractivity contribution in [2.75, 3.05) is 19.8 Å². The molecular weight excluding hydrogens is 386 g/mol. The van der Waals surface area contributed by atoms with Gasteiger partial charge in [-0.15, -0.1) is 0 Å². The molecule has 1 spiro atoms. The van der Waals surface area contributed by atoms with Crippen molar-refractivity contribution in [3.8, 4) is 5.75 Å². The van der Waals surface area contributed by atoms with Gasteiger partial charge in [0.1, 0.15) is 16.9 Å². The summed E-state index contributed by atoms with van der Waals surface area (Å²) in [4.78, 5) is 38.2. The second-order valence-corrected chi connectivity index (χ2v) is 9.02. The first-order valence-corrected chi connectivity index (χ1v) is 10.5. The Kier molecular flexibility index (Phi) is 5.22. The fourth-order valence-corrected chi connectivity index (χ4v) is 4.47. The fraction of sp³-hybridized carbons (Fsp3) is 0.591. The minimum Gasteiger partial charge on any atom is -0.487 e. The molecule has 0 aromatic heterocycles. The zero-order valence-electron chi connectivity index (χ0n) is 17.7. The van der Waals surface area contributed by atoms with Crippen LogP contribution >= 0.6 is 0 Å². The SMILES string of the molecule is Cc1ccc2c(c1)[C@H](NC(=O)CCN1C(=O)NC(C)(C)C1=O)CC1(CCOCC1)O2. The van der Waals surface area contributed by atoms with E-state index in [1.54, 1.807) is 13.8 Å². The second kappa shape index (κ2) is 7.58. The van der Waals surface area contributed by atoms with E-state index in [1.165, 1.54) is 0 Å². The molecule has 2 saturated heterocycles. The third-order valence-electron chi connectivity index (χ3n) is 6.19. The summed E-state index contributed by atoms with van der Waals surface area (Å²) in [6.07, 6.45) is 2.30. The van der Waals surface area contributed by atoms with E-state index in [0.29, 0.717) is 19.6 Å². The van der Waals surface area contributed by atoms with Gasteiger partial charge in [-0.1, -0.05) is 17.7 Å². The molecule has 0 aliphatic carbocycles. The van der Waals surface area contributed by atoms with E-state index in [9.17, 15) is 14.4 Å². The number of carbonyl (C=O) groups excluding carboxylic acids is 3. The molecule has 1 atom stereocenters. The van der Waals surface area contributed by atoms with Crippen molar-refractivity contribution < 1.29 is 23.9 Å². The first kappa shape index (κ1) is 20.7. The van der Waals surface area contributed by atoms with Gasteiger partial charge in [0.05, 0.1) is 19.3 Å². The summed E-state index contributed by atoms with van der Waals surface area (Å²) in [5.41, 5.74) is 0.797. The van der Waals surface area contributed by atoms with Gasteiger partial charge in [-0.25, -0.2) is 4.79 Å². The first-order valence-electron chi connectivity index (χ1n) is 10.5. The molecular formula is C22H29N3O5. The van der Waals surface area contributed by atoms with Gasteiger partial charge in [0.25, 0.3) is 5.91 Å². The average Bonchev–Trinajstić information content (AvgIpc) is 2.88. The quantitative estimate of drug-likeness (QED) is 0.735. The van der Waals surface area contributed by atoms with Crippen molar-refractivity contribution in [3.63, 3.8) is 0 Å². The highest BCUT2D eigenvalue weighted by Crippen LogP contribution is 2.44. The van der Waals surface area contributed by atoms with Crippen molar-refractivity contribution in [2.45, 2.75) is 63.6 Å². The van der Waals surface area contributed by atoms with Crippen LogP contribution in [0.4, 0.5) is 4.79 Å². The number of rotatable bonds is 4. The van der Waals surface area contributed by atoms with Crippen molar-refractivity contribution in [1.82, 2.24) is 15.5 Å². The van der Waals surface area contributed by atoms with Crippen LogP contribution in [0, 0.1) is 6.92 Å². The van der Waals surface area contributed by atoms with E-state index < -0.39 is 11.6 Å². The number of amides is 4. The molecule has 1 aromatic rings. The van der Waals surface area contributed by atoms with E-state index in [2.05, 4.69) is 10.6 Å². The van der Waals surface area contributed by atoms with Gasteiger partial charge in [0, 0.05) is 37.8 Å². The highest BCUT2D eigenvalue weighted by atomic mass is 16.5. The number of ether oxygens (including phenoxy) is 2. The van der Waals surface area contributed by atoms with Crippen LogP contribution in [-0.4, -0.2) is 53.6 Å². The van der Waals surface area contributed by atoms with E-state index in [4.69, 9.17) is 9.47 Å². The standard InChI is InChI=1S/C22H29N3O5/c1-14-4-5-17-15(12-14)16(13-22(30-17)7-10-29-11-8-22)23-18(26)6-9-25-19(27)21(2,3)24-20(25)28/h4-5,12,16H,6-11,13H2,1-3H3,(H,23,26)(H,24,28)/t16-/m1/s1. The number of nitrogens with zero attached hydrogens (tertiary/aromatic N) is 1. The van der Waals surface area contributed by atoms with E-state index in [1.807, 2.05) is 25.1 Å². The van der Waals surface area contributed by atoms with Crippen LogP contribution in [0.5, 0.6) is 5.75 Å². The summed E-state index contributed by atoms with van der Waals surface area (Å²) in [6.45, 7) is 6.66. The smallest absolute Gasteiger partial charge is 0.325 e. The molecule has 3 aliphatic rings. The number of fused-ring (bicyclic) bond motifs is 1. The lowest BCUT2D eigenvalue weighted by Crippen LogP contribution is -2.49. The maximum absolute atomic E-state index is 12.8. The van der Waals surface area contributed by atoms with Gasteiger partial charge >= 0.3 is 6.03 Å². The largest absolute Gasteiger partial charge is 0.487 e. The van der Waals surface area contributed by atoms with E-state index in [-0.39, 0.29) is 36.4 Å². The Bertz CT molecular complexity index is 876. The Morgan fingerprint density at radius 3 is 2.67 bits per heavy atom. The highest BCUT2D eigenvalue weighted by molar-refractivity contribution is 6.06. The summed E-state index contributed by atoms with van der Waals surface area (Å²) in [7, 11) is 0. The predicted molar refractivity (Wildman–Crippen MR) is 109 cm³/mol. The zero-order chi connectivity index (χ0) is 21.5. The molecule has 3 heterocycles. The molecule has 162 valence electrons. The number of carbonyl (C=O) groups is 3. The lowest BCUT2D eigenvalue weighted by atomic mass is 9.81. The first-order chi connectivity index (χ1) is 14.2. The van der Waals surface area contributed by atoms with E-state index >= 15 is 0 Å². The van der Waals surface area contributed by atoms with Crippen molar-refractivity contribution in [2.24, 2.45) is 0 Å².